The number of fused-ring (bicyclic) bond motifs is 1. The molecule has 0 atom stereocenters. The second kappa shape index (κ2) is 4.21. The van der Waals surface area contributed by atoms with Crippen LogP contribution in [0.1, 0.15) is 43.5 Å². The highest BCUT2D eigenvalue weighted by Crippen LogP contribution is 2.38. The summed E-state index contributed by atoms with van der Waals surface area (Å²) in [6, 6.07) is 5.62. The Labute approximate surface area is 104 Å². The van der Waals surface area contributed by atoms with Crippen LogP contribution in [-0.4, -0.2) is 11.4 Å². The number of halogens is 1. The highest BCUT2D eigenvalue weighted by molar-refractivity contribution is 9.10. The Morgan fingerprint density at radius 1 is 1.38 bits per heavy atom. The van der Waals surface area contributed by atoms with Gasteiger partial charge in [-0.2, -0.15) is 0 Å². The summed E-state index contributed by atoms with van der Waals surface area (Å²) in [6.45, 7) is 4.14. The van der Waals surface area contributed by atoms with E-state index in [0.29, 0.717) is 12.0 Å². The number of rotatable bonds is 2. The van der Waals surface area contributed by atoms with Gasteiger partial charge in [-0.05, 0) is 31.0 Å². The van der Waals surface area contributed by atoms with E-state index in [9.17, 15) is 4.79 Å². The Hall–Kier alpha value is -0.830. The van der Waals surface area contributed by atoms with Gasteiger partial charge < -0.3 is 4.74 Å². The number of carbonyl (C=O) groups is 1. The van der Waals surface area contributed by atoms with Crippen LogP contribution in [0, 0.1) is 0 Å². The fourth-order valence-electron chi connectivity index (χ4n) is 2.11. The van der Waals surface area contributed by atoms with Gasteiger partial charge in [-0.3, -0.25) is 4.79 Å². The predicted octanol–water partition coefficient (Wildman–Crippen LogP) is 3.97. The van der Waals surface area contributed by atoms with Gasteiger partial charge in [-0.1, -0.05) is 29.8 Å². The molecule has 3 heteroatoms. The van der Waals surface area contributed by atoms with E-state index < -0.39 is 0 Å². The van der Waals surface area contributed by atoms with Crippen LogP contribution >= 0.6 is 15.9 Å². The molecule has 1 aromatic rings. The van der Waals surface area contributed by atoms with Gasteiger partial charge in [0.1, 0.15) is 11.4 Å². The van der Waals surface area contributed by atoms with Crippen molar-refractivity contribution >= 4 is 21.7 Å². The molecule has 1 aliphatic heterocycles. The third-order valence-electron chi connectivity index (χ3n) is 3.34. The number of hydrogen-bond acceptors (Lipinski definition) is 2. The van der Waals surface area contributed by atoms with Crippen molar-refractivity contribution < 1.29 is 9.53 Å². The largest absolute Gasteiger partial charge is 0.486 e. The van der Waals surface area contributed by atoms with Gasteiger partial charge in [-0.25, -0.2) is 0 Å². The molecule has 0 aliphatic carbocycles. The number of ether oxygens (including phenoxy) is 1. The second-order valence-electron chi connectivity index (χ2n) is 4.23. The molecule has 0 radical (unpaired) electrons. The Kier molecular flexibility index (Phi) is 3.06. The van der Waals surface area contributed by atoms with Gasteiger partial charge in [0.05, 0.1) is 12.0 Å². The van der Waals surface area contributed by atoms with Crippen LogP contribution in [-0.2, 0) is 0 Å². The topological polar surface area (TPSA) is 26.3 Å². The number of hydrogen-bond donors (Lipinski definition) is 0. The number of Topliss-reactive ketones (excluding diaryl/α,β-unsaturated/α-hetero) is 1. The van der Waals surface area contributed by atoms with Crippen molar-refractivity contribution in [1.82, 2.24) is 0 Å². The molecule has 2 rings (SSSR count). The minimum absolute atomic E-state index is 0.186. The Morgan fingerprint density at radius 3 is 2.69 bits per heavy atom. The summed E-state index contributed by atoms with van der Waals surface area (Å²) >= 11 is 3.37. The van der Waals surface area contributed by atoms with Crippen LogP contribution in [0.25, 0.3) is 0 Å². The molecular weight excluding hydrogens is 268 g/mol. The van der Waals surface area contributed by atoms with E-state index in [2.05, 4.69) is 29.8 Å². The van der Waals surface area contributed by atoms with E-state index >= 15 is 0 Å². The van der Waals surface area contributed by atoms with Crippen molar-refractivity contribution in [2.24, 2.45) is 0 Å². The second-order valence-corrected chi connectivity index (χ2v) is 5.15. The smallest absolute Gasteiger partial charge is 0.170 e. The predicted molar refractivity (Wildman–Crippen MR) is 67.0 cm³/mol. The summed E-state index contributed by atoms with van der Waals surface area (Å²) in [4.78, 5) is 12.1. The van der Waals surface area contributed by atoms with E-state index in [-0.39, 0.29) is 11.4 Å². The van der Waals surface area contributed by atoms with Gasteiger partial charge in [0.2, 0.25) is 0 Å². The Morgan fingerprint density at radius 2 is 2.06 bits per heavy atom. The van der Waals surface area contributed by atoms with E-state index in [1.807, 2.05) is 18.2 Å². The van der Waals surface area contributed by atoms with E-state index in [4.69, 9.17) is 4.74 Å². The molecule has 86 valence electrons. The Bertz CT molecular complexity index is 422. The maximum Gasteiger partial charge on any atom is 0.170 e. The maximum atomic E-state index is 12.1. The lowest BCUT2D eigenvalue weighted by atomic mass is 9.86. The van der Waals surface area contributed by atoms with Crippen molar-refractivity contribution in [3.63, 3.8) is 0 Å². The van der Waals surface area contributed by atoms with E-state index in [1.165, 1.54) is 0 Å². The monoisotopic (exact) mass is 282 g/mol. The van der Waals surface area contributed by atoms with Gasteiger partial charge in [0, 0.05) is 4.47 Å². The molecule has 16 heavy (non-hydrogen) atoms. The lowest BCUT2D eigenvalue weighted by Gasteiger charge is -2.36. The average molecular weight is 283 g/mol. The first kappa shape index (κ1) is 11.6. The summed E-state index contributed by atoms with van der Waals surface area (Å²) in [5, 5.41) is 0. The average Bonchev–Trinajstić information content (AvgIpc) is 2.30. The molecule has 0 amide bonds. The highest BCUT2D eigenvalue weighted by Gasteiger charge is 2.37. The standard InChI is InChI=1S/C13H15BrO2/c1-3-13(4-2)8-11(15)10-7-9(14)5-6-12(10)16-13/h5-7H,3-4,8H2,1-2H3. The third kappa shape index (κ3) is 1.88. The molecule has 0 fully saturated rings. The minimum atomic E-state index is -0.294. The molecule has 0 saturated carbocycles. The zero-order valence-electron chi connectivity index (χ0n) is 9.55. The molecule has 0 spiro atoms. The first-order chi connectivity index (χ1) is 7.60. The van der Waals surface area contributed by atoms with Crippen molar-refractivity contribution in [3.05, 3.63) is 28.2 Å². The van der Waals surface area contributed by atoms with Crippen LogP contribution in [0.5, 0.6) is 5.75 Å². The minimum Gasteiger partial charge on any atom is -0.486 e. The van der Waals surface area contributed by atoms with Crippen LogP contribution in [0.4, 0.5) is 0 Å². The van der Waals surface area contributed by atoms with Gasteiger partial charge in [0.15, 0.2) is 5.78 Å². The summed E-state index contributed by atoms with van der Waals surface area (Å²) < 4.78 is 6.92. The molecule has 0 bridgehead atoms. The van der Waals surface area contributed by atoms with Crippen molar-refractivity contribution in [2.75, 3.05) is 0 Å². The quantitative estimate of drug-likeness (QED) is 0.820. The fraction of sp³-hybridized carbons (Fsp3) is 0.462. The lowest BCUT2D eigenvalue weighted by Crippen LogP contribution is -2.40. The normalized spacial score (nSPS) is 17.8. The first-order valence-corrected chi connectivity index (χ1v) is 6.41. The molecule has 1 heterocycles. The Balaban J connectivity index is 2.44. The van der Waals surface area contributed by atoms with Crippen molar-refractivity contribution in [2.45, 2.75) is 38.7 Å². The zero-order valence-corrected chi connectivity index (χ0v) is 11.1. The van der Waals surface area contributed by atoms with Gasteiger partial charge in [-0.15, -0.1) is 0 Å². The van der Waals surface area contributed by atoms with Crippen LogP contribution in [0.3, 0.4) is 0 Å². The van der Waals surface area contributed by atoms with Crippen LogP contribution in [0.15, 0.2) is 22.7 Å². The number of benzene rings is 1. The summed E-state index contributed by atoms with van der Waals surface area (Å²) in [5.74, 6) is 0.911. The molecule has 1 aromatic carbocycles. The van der Waals surface area contributed by atoms with Crippen LogP contribution in [0.2, 0.25) is 0 Å². The first-order valence-electron chi connectivity index (χ1n) is 5.62. The fourth-order valence-corrected chi connectivity index (χ4v) is 2.47. The summed E-state index contributed by atoms with van der Waals surface area (Å²) in [6.07, 6.45) is 2.22. The zero-order chi connectivity index (χ0) is 11.8. The SMILES string of the molecule is CCC1(CC)CC(=O)c2cc(Br)ccc2O1. The molecule has 0 N–H and O–H groups in total. The maximum absolute atomic E-state index is 12.1. The van der Waals surface area contributed by atoms with Gasteiger partial charge >= 0.3 is 0 Å². The molecule has 2 nitrogen and oxygen atoms in total. The van der Waals surface area contributed by atoms with E-state index in [0.717, 1.165) is 23.1 Å². The molecular formula is C13H15BrO2. The van der Waals surface area contributed by atoms with E-state index in [1.54, 1.807) is 0 Å². The molecule has 0 saturated heterocycles. The summed E-state index contributed by atoms with van der Waals surface area (Å²) in [7, 11) is 0. The third-order valence-corrected chi connectivity index (χ3v) is 3.83. The van der Waals surface area contributed by atoms with Crippen molar-refractivity contribution in [1.29, 1.82) is 0 Å². The molecule has 0 aromatic heterocycles. The molecule has 1 aliphatic rings. The van der Waals surface area contributed by atoms with Crippen LogP contribution < -0.4 is 4.74 Å². The highest BCUT2D eigenvalue weighted by atomic mass is 79.9. The molecule has 0 unspecified atom stereocenters. The number of carbonyl (C=O) groups excluding carboxylic acids is 1. The lowest BCUT2D eigenvalue weighted by molar-refractivity contribution is 0.0349. The summed E-state index contributed by atoms with van der Waals surface area (Å²) in [5.41, 5.74) is 0.407. The van der Waals surface area contributed by atoms with Gasteiger partial charge in [0.25, 0.3) is 0 Å². The number of ketones is 1. The van der Waals surface area contributed by atoms with Crippen molar-refractivity contribution in [3.8, 4) is 5.75 Å².